The van der Waals surface area contributed by atoms with Crippen LogP contribution >= 0.6 is 11.3 Å². The number of aryl methyl sites for hydroxylation is 1. The van der Waals surface area contributed by atoms with Gasteiger partial charge >= 0.3 is 0 Å². The van der Waals surface area contributed by atoms with Crippen molar-refractivity contribution in [2.75, 3.05) is 18.0 Å². The van der Waals surface area contributed by atoms with Gasteiger partial charge in [-0.15, -0.1) is 11.3 Å². The molecule has 0 bridgehead atoms. The molecule has 1 atom stereocenters. The van der Waals surface area contributed by atoms with E-state index >= 15 is 0 Å². The second-order valence-corrected chi connectivity index (χ2v) is 6.82. The molecule has 24 heavy (non-hydrogen) atoms. The molecule has 0 spiro atoms. The average Bonchev–Trinajstić information content (AvgIpc) is 3.14. The van der Waals surface area contributed by atoms with E-state index in [0.29, 0.717) is 13.0 Å². The Bertz CT molecular complexity index is 762. The lowest BCUT2D eigenvalue weighted by Gasteiger charge is -2.17. The highest BCUT2D eigenvalue weighted by Crippen LogP contribution is 2.27. The molecule has 7 heteroatoms. The fraction of sp³-hybridized carbons (Fsp3) is 0.353. The lowest BCUT2D eigenvalue weighted by Crippen LogP contribution is -2.34. The zero-order valence-electron chi connectivity index (χ0n) is 13.3. The van der Waals surface area contributed by atoms with E-state index in [1.165, 1.54) is 11.0 Å². The number of para-hydroxylation sites is 1. The number of benzene rings is 1. The van der Waals surface area contributed by atoms with Crippen molar-refractivity contribution in [3.63, 3.8) is 0 Å². The van der Waals surface area contributed by atoms with Crippen LogP contribution in [0.15, 0.2) is 29.6 Å². The minimum atomic E-state index is -0.453. The number of anilines is 1. The maximum Gasteiger partial charge on any atom is 0.227 e. The van der Waals surface area contributed by atoms with E-state index in [9.17, 15) is 14.0 Å². The van der Waals surface area contributed by atoms with Crippen molar-refractivity contribution in [3.05, 3.63) is 46.2 Å². The summed E-state index contributed by atoms with van der Waals surface area (Å²) in [6.07, 6.45) is 0.768. The first-order valence-electron chi connectivity index (χ1n) is 7.78. The van der Waals surface area contributed by atoms with Crippen molar-refractivity contribution in [2.24, 2.45) is 5.92 Å². The van der Waals surface area contributed by atoms with Gasteiger partial charge in [0.2, 0.25) is 11.8 Å². The number of nitrogens with zero attached hydrogens (tertiary/aromatic N) is 2. The number of aromatic nitrogens is 1. The van der Waals surface area contributed by atoms with Gasteiger partial charge in [-0.1, -0.05) is 12.1 Å². The summed E-state index contributed by atoms with van der Waals surface area (Å²) in [5.74, 6) is -1.30. The molecule has 1 aromatic heterocycles. The highest BCUT2D eigenvalue weighted by atomic mass is 32.1. The molecule has 2 heterocycles. The largest absolute Gasteiger partial charge is 0.355 e. The molecule has 1 aliphatic rings. The van der Waals surface area contributed by atoms with Crippen molar-refractivity contribution in [1.29, 1.82) is 0 Å². The molecule has 1 fully saturated rings. The fourth-order valence-corrected chi connectivity index (χ4v) is 3.41. The van der Waals surface area contributed by atoms with Gasteiger partial charge in [-0.3, -0.25) is 9.59 Å². The van der Waals surface area contributed by atoms with Gasteiger partial charge < -0.3 is 10.2 Å². The summed E-state index contributed by atoms with van der Waals surface area (Å²) in [5.41, 5.74) is 1.18. The number of hydrogen-bond acceptors (Lipinski definition) is 4. The van der Waals surface area contributed by atoms with Crippen LogP contribution in [0.2, 0.25) is 0 Å². The van der Waals surface area contributed by atoms with Gasteiger partial charge in [0, 0.05) is 31.3 Å². The summed E-state index contributed by atoms with van der Waals surface area (Å²) in [7, 11) is 0. The predicted molar refractivity (Wildman–Crippen MR) is 90.4 cm³/mol. The standard InChI is InChI=1S/C17H18FN3O2S/c1-11-20-13(10-24-11)6-7-19-17(23)12-8-16(22)21(9-12)15-5-3-2-4-14(15)18/h2-5,10,12H,6-9H2,1H3,(H,19,23)/t12-/m1/s1. The molecular weight excluding hydrogens is 329 g/mol. The third-order valence-corrected chi connectivity index (χ3v) is 4.81. The van der Waals surface area contributed by atoms with Crippen LogP contribution in [0.5, 0.6) is 0 Å². The summed E-state index contributed by atoms with van der Waals surface area (Å²) >= 11 is 1.58. The second kappa shape index (κ2) is 7.09. The Hall–Kier alpha value is -2.28. The SMILES string of the molecule is Cc1nc(CCNC(=O)[C@@H]2CC(=O)N(c3ccccc3F)C2)cs1. The van der Waals surface area contributed by atoms with Gasteiger partial charge in [0.25, 0.3) is 0 Å². The van der Waals surface area contributed by atoms with E-state index in [-0.39, 0.29) is 30.5 Å². The monoisotopic (exact) mass is 347 g/mol. The van der Waals surface area contributed by atoms with E-state index in [2.05, 4.69) is 10.3 Å². The van der Waals surface area contributed by atoms with Crippen LogP contribution < -0.4 is 10.2 Å². The van der Waals surface area contributed by atoms with Gasteiger partial charge in [-0.25, -0.2) is 9.37 Å². The molecular formula is C17H18FN3O2S. The Morgan fingerprint density at radius 2 is 2.25 bits per heavy atom. The van der Waals surface area contributed by atoms with Crippen LogP contribution in [-0.4, -0.2) is 29.9 Å². The molecule has 0 aliphatic carbocycles. The van der Waals surface area contributed by atoms with E-state index in [0.717, 1.165) is 10.7 Å². The first-order chi connectivity index (χ1) is 11.5. The van der Waals surface area contributed by atoms with Crippen LogP contribution in [0, 0.1) is 18.7 Å². The van der Waals surface area contributed by atoms with Crippen molar-refractivity contribution < 1.29 is 14.0 Å². The molecule has 0 radical (unpaired) electrons. The predicted octanol–water partition coefficient (Wildman–Crippen LogP) is 2.30. The van der Waals surface area contributed by atoms with Crippen molar-refractivity contribution in [1.82, 2.24) is 10.3 Å². The summed E-state index contributed by atoms with van der Waals surface area (Å²) in [6.45, 7) is 2.63. The van der Waals surface area contributed by atoms with Crippen LogP contribution in [0.4, 0.5) is 10.1 Å². The van der Waals surface area contributed by atoms with Gasteiger partial charge in [-0.05, 0) is 19.1 Å². The first kappa shape index (κ1) is 16.6. The minimum Gasteiger partial charge on any atom is -0.355 e. The topological polar surface area (TPSA) is 62.3 Å². The van der Waals surface area contributed by atoms with Crippen molar-refractivity contribution in [3.8, 4) is 0 Å². The van der Waals surface area contributed by atoms with Crippen LogP contribution in [0.25, 0.3) is 0 Å². The maximum atomic E-state index is 13.8. The molecule has 3 rings (SSSR count). The smallest absolute Gasteiger partial charge is 0.227 e. The highest BCUT2D eigenvalue weighted by Gasteiger charge is 2.35. The number of halogens is 1. The van der Waals surface area contributed by atoms with E-state index in [1.54, 1.807) is 29.5 Å². The molecule has 5 nitrogen and oxygen atoms in total. The molecule has 1 aromatic carbocycles. The summed E-state index contributed by atoms with van der Waals surface area (Å²) in [6, 6.07) is 6.11. The average molecular weight is 347 g/mol. The summed E-state index contributed by atoms with van der Waals surface area (Å²) < 4.78 is 13.8. The molecule has 1 aliphatic heterocycles. The Morgan fingerprint density at radius 1 is 1.46 bits per heavy atom. The molecule has 1 saturated heterocycles. The fourth-order valence-electron chi connectivity index (χ4n) is 2.77. The molecule has 2 aromatic rings. The number of nitrogens with one attached hydrogen (secondary N) is 1. The van der Waals surface area contributed by atoms with Gasteiger partial charge in [0.05, 0.1) is 22.3 Å². The number of hydrogen-bond donors (Lipinski definition) is 1. The van der Waals surface area contributed by atoms with Crippen LogP contribution in [0.3, 0.4) is 0 Å². The number of amides is 2. The van der Waals surface area contributed by atoms with Crippen molar-refractivity contribution in [2.45, 2.75) is 19.8 Å². The molecule has 2 amide bonds. The molecule has 0 saturated carbocycles. The minimum absolute atomic E-state index is 0.107. The quantitative estimate of drug-likeness (QED) is 0.903. The van der Waals surface area contributed by atoms with Crippen molar-refractivity contribution >= 4 is 28.8 Å². The Labute approximate surface area is 143 Å². The van der Waals surface area contributed by atoms with Gasteiger partial charge in [-0.2, -0.15) is 0 Å². The van der Waals surface area contributed by atoms with Crippen LogP contribution in [0.1, 0.15) is 17.1 Å². The second-order valence-electron chi connectivity index (χ2n) is 5.76. The lowest BCUT2D eigenvalue weighted by molar-refractivity contribution is -0.126. The number of thiazole rings is 1. The number of carbonyl (C=O) groups is 2. The van der Waals surface area contributed by atoms with E-state index in [4.69, 9.17) is 0 Å². The lowest BCUT2D eigenvalue weighted by atomic mass is 10.1. The number of carbonyl (C=O) groups excluding carboxylic acids is 2. The van der Waals surface area contributed by atoms with Gasteiger partial charge in [0.15, 0.2) is 0 Å². The van der Waals surface area contributed by atoms with Gasteiger partial charge in [0.1, 0.15) is 5.82 Å². The van der Waals surface area contributed by atoms with E-state index in [1.807, 2.05) is 12.3 Å². The zero-order valence-corrected chi connectivity index (χ0v) is 14.1. The third-order valence-electron chi connectivity index (χ3n) is 3.99. The molecule has 0 unspecified atom stereocenters. The zero-order chi connectivity index (χ0) is 17.1. The number of rotatable bonds is 5. The Balaban J connectivity index is 1.55. The van der Waals surface area contributed by atoms with Crippen LogP contribution in [-0.2, 0) is 16.0 Å². The third kappa shape index (κ3) is 3.62. The highest BCUT2D eigenvalue weighted by molar-refractivity contribution is 7.09. The maximum absolute atomic E-state index is 13.8. The Kier molecular flexibility index (Phi) is 4.89. The Morgan fingerprint density at radius 3 is 2.96 bits per heavy atom. The molecule has 126 valence electrons. The van der Waals surface area contributed by atoms with E-state index < -0.39 is 11.7 Å². The normalized spacial score (nSPS) is 17.3. The summed E-state index contributed by atoms with van der Waals surface area (Å²) in [4.78, 5) is 30.0. The first-order valence-corrected chi connectivity index (χ1v) is 8.66. The summed E-state index contributed by atoms with van der Waals surface area (Å²) in [5, 5.41) is 5.81. The molecule has 1 N–H and O–H groups in total.